The first-order valence-corrected chi connectivity index (χ1v) is 9.94. The number of ether oxygens (including phenoxy) is 2. The second-order valence-electron chi connectivity index (χ2n) is 7.17. The molecule has 0 spiro atoms. The smallest absolute Gasteiger partial charge is 0.259 e. The Morgan fingerprint density at radius 1 is 1.24 bits per heavy atom. The Labute approximate surface area is 192 Å². The van der Waals surface area contributed by atoms with Crippen molar-refractivity contribution >= 4 is 35.8 Å². The minimum atomic E-state index is -0.0700. The maximum absolute atomic E-state index is 11.6. The molecule has 0 aliphatic heterocycles. The van der Waals surface area contributed by atoms with E-state index in [1.807, 2.05) is 31.2 Å². The Hall–Kier alpha value is -1.55. The highest BCUT2D eigenvalue weighted by molar-refractivity contribution is 14.0. The van der Waals surface area contributed by atoms with E-state index in [1.54, 1.807) is 14.1 Å². The third kappa shape index (κ3) is 13.3. The number of hydrogen-bond acceptors (Lipinski definition) is 4. The Bertz CT molecular complexity index is 609. The number of hydrogen-bond donors (Lipinski definition) is 2. The average Bonchev–Trinajstić information content (AvgIpc) is 2.66. The Kier molecular flexibility index (Phi) is 15.4. The van der Waals surface area contributed by atoms with Crippen molar-refractivity contribution in [2.75, 3.05) is 47.0 Å². The van der Waals surface area contributed by atoms with Gasteiger partial charge in [-0.2, -0.15) is 0 Å². The molecule has 2 N–H and O–H groups in total. The molecule has 0 radical (unpaired) electrons. The van der Waals surface area contributed by atoms with E-state index >= 15 is 0 Å². The minimum Gasteiger partial charge on any atom is -0.484 e. The predicted octanol–water partition coefficient (Wildman–Crippen LogP) is 2.89. The maximum atomic E-state index is 11.6. The normalized spacial score (nSPS) is 11.0. The van der Waals surface area contributed by atoms with Crippen LogP contribution in [0, 0.1) is 5.92 Å². The number of amides is 1. The molecule has 0 atom stereocenters. The van der Waals surface area contributed by atoms with Crippen molar-refractivity contribution in [2.45, 2.75) is 33.7 Å². The molecule has 166 valence electrons. The van der Waals surface area contributed by atoms with Gasteiger partial charge in [0.1, 0.15) is 5.75 Å². The fourth-order valence-corrected chi connectivity index (χ4v) is 2.22. The van der Waals surface area contributed by atoms with E-state index in [0.29, 0.717) is 18.2 Å². The van der Waals surface area contributed by atoms with Crippen LogP contribution in [0.15, 0.2) is 29.3 Å². The quantitative estimate of drug-likeness (QED) is 0.192. The van der Waals surface area contributed by atoms with Crippen molar-refractivity contribution in [2.24, 2.45) is 10.9 Å². The summed E-state index contributed by atoms with van der Waals surface area (Å²) in [6.07, 6.45) is 0.931. The number of likely N-dealkylation sites (N-methyl/N-ethyl adjacent to an activating group) is 1. The fraction of sp³-hybridized carbons (Fsp3) is 0.619. The Morgan fingerprint density at radius 3 is 2.66 bits per heavy atom. The lowest BCUT2D eigenvalue weighted by molar-refractivity contribution is -0.130. The topological polar surface area (TPSA) is 75.2 Å². The number of rotatable bonds is 12. The van der Waals surface area contributed by atoms with Crippen LogP contribution < -0.4 is 15.4 Å². The van der Waals surface area contributed by atoms with Crippen molar-refractivity contribution in [3.05, 3.63) is 29.8 Å². The molecule has 0 aliphatic rings. The third-order valence-corrected chi connectivity index (χ3v) is 3.73. The lowest BCUT2D eigenvalue weighted by Crippen LogP contribution is -2.38. The molecule has 0 heterocycles. The summed E-state index contributed by atoms with van der Waals surface area (Å²) < 4.78 is 11.2. The largest absolute Gasteiger partial charge is 0.484 e. The molecule has 1 amide bonds. The molecule has 0 bridgehead atoms. The first kappa shape index (κ1) is 27.5. The highest BCUT2D eigenvalue weighted by Crippen LogP contribution is 2.14. The van der Waals surface area contributed by atoms with Crippen LogP contribution in [0.2, 0.25) is 0 Å². The second kappa shape index (κ2) is 16.3. The Balaban J connectivity index is 0.00000784. The van der Waals surface area contributed by atoms with E-state index in [4.69, 9.17) is 9.47 Å². The third-order valence-electron chi connectivity index (χ3n) is 3.73. The van der Waals surface area contributed by atoms with Gasteiger partial charge in [-0.25, -0.2) is 4.99 Å². The van der Waals surface area contributed by atoms with Crippen molar-refractivity contribution in [1.29, 1.82) is 0 Å². The molecule has 0 fully saturated rings. The van der Waals surface area contributed by atoms with Gasteiger partial charge >= 0.3 is 0 Å². The van der Waals surface area contributed by atoms with E-state index in [9.17, 15) is 4.79 Å². The molecule has 0 saturated carbocycles. The van der Waals surface area contributed by atoms with Crippen LogP contribution in [-0.2, 0) is 16.1 Å². The molecule has 8 heteroatoms. The van der Waals surface area contributed by atoms with Gasteiger partial charge < -0.3 is 25.0 Å². The van der Waals surface area contributed by atoms with Crippen molar-refractivity contribution in [1.82, 2.24) is 15.5 Å². The molecule has 1 aromatic carbocycles. The molecule has 29 heavy (non-hydrogen) atoms. The molecule has 0 aromatic heterocycles. The molecule has 0 unspecified atom stereocenters. The van der Waals surface area contributed by atoms with Crippen LogP contribution in [0.5, 0.6) is 5.75 Å². The molecule has 1 rings (SSSR count). The number of halogens is 1. The van der Waals surface area contributed by atoms with E-state index in [0.717, 1.165) is 44.2 Å². The maximum Gasteiger partial charge on any atom is 0.259 e. The molecule has 0 saturated heterocycles. The van der Waals surface area contributed by atoms with Crippen LogP contribution in [0.25, 0.3) is 0 Å². The Morgan fingerprint density at radius 2 is 2.00 bits per heavy atom. The van der Waals surface area contributed by atoms with Gasteiger partial charge in [-0.3, -0.25) is 4.79 Å². The molecule has 1 aromatic rings. The van der Waals surface area contributed by atoms with Gasteiger partial charge in [0.2, 0.25) is 0 Å². The first-order chi connectivity index (χ1) is 13.4. The van der Waals surface area contributed by atoms with Gasteiger partial charge in [-0.1, -0.05) is 26.0 Å². The summed E-state index contributed by atoms with van der Waals surface area (Å²) in [5.41, 5.74) is 1.02. The van der Waals surface area contributed by atoms with Gasteiger partial charge in [0, 0.05) is 40.4 Å². The van der Waals surface area contributed by atoms with Gasteiger partial charge in [0.05, 0.1) is 6.54 Å². The van der Waals surface area contributed by atoms with E-state index < -0.39 is 0 Å². The lowest BCUT2D eigenvalue weighted by atomic mass is 10.2. The summed E-state index contributed by atoms with van der Waals surface area (Å²) in [6, 6.07) is 7.66. The minimum absolute atomic E-state index is 0. The van der Waals surface area contributed by atoms with Gasteiger partial charge in [0.25, 0.3) is 5.91 Å². The van der Waals surface area contributed by atoms with Crippen molar-refractivity contribution < 1.29 is 14.3 Å². The summed E-state index contributed by atoms with van der Waals surface area (Å²) in [5.74, 6) is 1.94. The number of nitrogens with zero attached hydrogens (tertiary/aromatic N) is 2. The second-order valence-corrected chi connectivity index (χ2v) is 7.17. The highest BCUT2D eigenvalue weighted by atomic mass is 127. The van der Waals surface area contributed by atoms with Gasteiger partial charge in [-0.05, 0) is 37.0 Å². The van der Waals surface area contributed by atoms with Crippen LogP contribution in [0.4, 0.5) is 0 Å². The van der Waals surface area contributed by atoms with Gasteiger partial charge in [0.15, 0.2) is 12.6 Å². The van der Waals surface area contributed by atoms with Crippen LogP contribution >= 0.6 is 24.0 Å². The first-order valence-electron chi connectivity index (χ1n) is 9.94. The van der Waals surface area contributed by atoms with Crippen LogP contribution in [0.1, 0.15) is 32.8 Å². The number of carbonyl (C=O) groups is 1. The summed E-state index contributed by atoms with van der Waals surface area (Å²) in [6.45, 7) is 10.0. The zero-order valence-corrected chi connectivity index (χ0v) is 20.7. The number of carbonyl (C=O) groups excluding carboxylic acids is 1. The summed E-state index contributed by atoms with van der Waals surface area (Å²) >= 11 is 0. The molecule has 0 aliphatic carbocycles. The van der Waals surface area contributed by atoms with Crippen molar-refractivity contribution in [3.63, 3.8) is 0 Å². The lowest BCUT2D eigenvalue weighted by Gasteiger charge is -2.13. The molecular weight excluding hydrogens is 483 g/mol. The summed E-state index contributed by atoms with van der Waals surface area (Å²) in [7, 11) is 3.42. The molecule has 7 nitrogen and oxygen atoms in total. The number of nitrogens with one attached hydrogen (secondary N) is 2. The van der Waals surface area contributed by atoms with Gasteiger partial charge in [-0.15, -0.1) is 24.0 Å². The number of guanidine groups is 1. The highest BCUT2D eigenvalue weighted by Gasteiger charge is 2.05. The zero-order valence-electron chi connectivity index (χ0n) is 18.4. The zero-order chi connectivity index (χ0) is 20.8. The predicted molar refractivity (Wildman–Crippen MR) is 129 cm³/mol. The van der Waals surface area contributed by atoms with E-state index in [-0.39, 0.29) is 36.5 Å². The summed E-state index contributed by atoms with van der Waals surface area (Å²) in [4.78, 5) is 17.8. The monoisotopic (exact) mass is 520 g/mol. The SMILES string of the molecule is CCNC(=NCc1cccc(OCC(=O)N(C)C)c1)NCCCOCC(C)C.I. The van der Waals surface area contributed by atoms with E-state index in [2.05, 4.69) is 29.5 Å². The molecular formula is C21H37IN4O3. The number of benzene rings is 1. The fourth-order valence-electron chi connectivity index (χ4n) is 2.22. The average molecular weight is 520 g/mol. The summed E-state index contributed by atoms with van der Waals surface area (Å²) in [5, 5.41) is 6.57. The number of aliphatic imine (C=N–C) groups is 1. The van der Waals surface area contributed by atoms with E-state index in [1.165, 1.54) is 4.90 Å². The standard InChI is InChI=1S/C21H36N4O3.HI/c1-6-22-21(23-11-8-12-27-15-17(2)3)24-14-18-9-7-10-19(13-18)28-16-20(26)25(4)5;/h7,9-10,13,17H,6,8,11-12,14-16H2,1-5H3,(H2,22,23,24);1H. The van der Waals surface area contributed by atoms with Crippen molar-refractivity contribution in [3.8, 4) is 5.75 Å². The van der Waals surface area contributed by atoms with Crippen LogP contribution in [-0.4, -0.2) is 63.8 Å². The van der Waals surface area contributed by atoms with Crippen LogP contribution in [0.3, 0.4) is 0 Å².